The molecule has 9 heteroatoms. The first-order valence-corrected chi connectivity index (χ1v) is 12.9. The van der Waals surface area contributed by atoms with E-state index < -0.39 is 17.1 Å². The number of carbonyl (C=O) groups excluding carboxylic acids is 1. The Balaban J connectivity index is 1.80. The second-order valence-corrected chi connectivity index (χ2v) is 9.54. The molecule has 8 nitrogen and oxygen atoms in total. The van der Waals surface area contributed by atoms with Crippen molar-refractivity contribution in [1.29, 1.82) is 0 Å². The first-order chi connectivity index (χ1) is 16.3. The largest absolute Gasteiger partial charge is 0.492 e. The Labute approximate surface area is 207 Å². The highest BCUT2D eigenvalue weighted by atomic mass is 35.5. The van der Waals surface area contributed by atoms with Crippen LogP contribution in [0.4, 0.5) is 5.69 Å². The quantitative estimate of drug-likeness (QED) is 0.197. The van der Waals surface area contributed by atoms with Gasteiger partial charge in [0.05, 0.1) is 34.3 Å². The second-order valence-electron chi connectivity index (χ2n) is 9.16. The van der Waals surface area contributed by atoms with E-state index in [0.717, 1.165) is 32.2 Å². The zero-order valence-corrected chi connectivity index (χ0v) is 21.1. The van der Waals surface area contributed by atoms with Crippen LogP contribution in [0.3, 0.4) is 0 Å². The molecule has 1 amide bonds. The third kappa shape index (κ3) is 8.40. The van der Waals surface area contributed by atoms with Crippen LogP contribution in [0, 0.1) is 10.1 Å². The fourth-order valence-corrected chi connectivity index (χ4v) is 4.91. The molecule has 1 aliphatic carbocycles. The van der Waals surface area contributed by atoms with Gasteiger partial charge in [-0.3, -0.25) is 14.9 Å². The van der Waals surface area contributed by atoms with Crippen molar-refractivity contribution in [2.24, 2.45) is 0 Å². The number of nitro benzene ring substituents is 1. The summed E-state index contributed by atoms with van der Waals surface area (Å²) >= 11 is 6.23. The SMILES string of the molecule is CCCCN(C(=O)CCC(O)CCCOc1ccc([N+](=O)[O-])c(C(C)O)c1Cl)C1CCCCC1. The Bertz CT molecular complexity index is 798. The second kappa shape index (κ2) is 14.5. The number of nitro groups is 1. The van der Waals surface area contributed by atoms with Gasteiger partial charge in [0.25, 0.3) is 5.69 Å². The van der Waals surface area contributed by atoms with Gasteiger partial charge in [0.1, 0.15) is 5.75 Å². The van der Waals surface area contributed by atoms with Gasteiger partial charge in [-0.1, -0.05) is 44.2 Å². The molecule has 0 bridgehead atoms. The van der Waals surface area contributed by atoms with E-state index in [0.29, 0.717) is 31.7 Å². The van der Waals surface area contributed by atoms with Crippen molar-refractivity contribution in [3.8, 4) is 5.75 Å². The lowest BCUT2D eigenvalue weighted by atomic mass is 9.93. The summed E-state index contributed by atoms with van der Waals surface area (Å²) in [6.07, 6.45) is 7.88. The molecule has 1 saturated carbocycles. The summed E-state index contributed by atoms with van der Waals surface area (Å²) in [5, 5.41) is 31.4. The van der Waals surface area contributed by atoms with Gasteiger partial charge in [0.2, 0.25) is 5.91 Å². The van der Waals surface area contributed by atoms with E-state index in [2.05, 4.69) is 11.8 Å². The highest BCUT2D eigenvalue weighted by molar-refractivity contribution is 6.33. The highest BCUT2D eigenvalue weighted by Crippen LogP contribution is 2.38. The summed E-state index contributed by atoms with van der Waals surface area (Å²) in [7, 11) is 0. The number of nitrogens with zero attached hydrogens (tertiary/aromatic N) is 2. The van der Waals surface area contributed by atoms with Crippen LogP contribution in [-0.4, -0.2) is 51.2 Å². The first-order valence-electron chi connectivity index (χ1n) is 12.5. The van der Waals surface area contributed by atoms with E-state index in [-0.39, 0.29) is 34.5 Å². The lowest BCUT2D eigenvalue weighted by molar-refractivity contribution is -0.386. The number of amides is 1. The molecule has 1 fully saturated rings. The molecular weight excluding hydrogens is 460 g/mol. The molecule has 1 aromatic carbocycles. The average molecular weight is 499 g/mol. The van der Waals surface area contributed by atoms with E-state index in [4.69, 9.17) is 16.3 Å². The minimum absolute atomic E-state index is 0.0187. The maximum absolute atomic E-state index is 12.9. The number of hydrogen-bond acceptors (Lipinski definition) is 6. The summed E-state index contributed by atoms with van der Waals surface area (Å²) in [6, 6.07) is 3.02. The van der Waals surface area contributed by atoms with Crippen molar-refractivity contribution in [2.45, 2.75) is 103 Å². The van der Waals surface area contributed by atoms with Crippen molar-refractivity contribution >= 4 is 23.2 Å². The standard InChI is InChI=1S/C25H39ClN2O6/c1-3-4-16-27(19-9-6-5-7-10-19)23(31)15-12-20(30)11-8-17-34-22-14-13-21(28(32)33)24(18(2)29)25(22)26/h13-14,18-20,29-30H,3-12,15-17H2,1-2H3. The van der Waals surface area contributed by atoms with Crippen LogP contribution in [0.2, 0.25) is 5.02 Å². The van der Waals surface area contributed by atoms with Gasteiger partial charge in [-0.25, -0.2) is 0 Å². The zero-order valence-electron chi connectivity index (χ0n) is 20.4. The van der Waals surface area contributed by atoms with Gasteiger partial charge in [0, 0.05) is 25.1 Å². The Morgan fingerprint density at radius 2 is 1.94 bits per heavy atom. The number of benzene rings is 1. The number of halogens is 1. The van der Waals surface area contributed by atoms with E-state index in [9.17, 15) is 25.1 Å². The topological polar surface area (TPSA) is 113 Å². The Morgan fingerprint density at radius 1 is 1.24 bits per heavy atom. The third-order valence-electron chi connectivity index (χ3n) is 6.45. The molecule has 2 rings (SSSR count). The summed E-state index contributed by atoms with van der Waals surface area (Å²) in [4.78, 5) is 25.5. The van der Waals surface area contributed by atoms with Crippen LogP contribution in [0.15, 0.2) is 12.1 Å². The number of aliphatic hydroxyl groups excluding tert-OH is 2. The van der Waals surface area contributed by atoms with Gasteiger partial charge >= 0.3 is 0 Å². The highest BCUT2D eigenvalue weighted by Gasteiger charge is 2.26. The fraction of sp³-hybridized carbons (Fsp3) is 0.720. The van der Waals surface area contributed by atoms with Crippen molar-refractivity contribution in [1.82, 2.24) is 4.90 Å². The molecular formula is C25H39ClN2O6. The molecule has 0 aliphatic heterocycles. The summed E-state index contributed by atoms with van der Waals surface area (Å²) in [5.74, 6) is 0.394. The van der Waals surface area contributed by atoms with Gasteiger partial charge < -0.3 is 19.8 Å². The molecule has 2 N–H and O–H groups in total. The molecule has 0 radical (unpaired) electrons. The number of rotatable bonds is 14. The Hall–Kier alpha value is -1.90. The van der Waals surface area contributed by atoms with Crippen molar-refractivity contribution in [3.63, 3.8) is 0 Å². The maximum Gasteiger partial charge on any atom is 0.276 e. The smallest absolute Gasteiger partial charge is 0.276 e. The lowest BCUT2D eigenvalue weighted by Gasteiger charge is -2.34. The van der Waals surface area contributed by atoms with Crippen LogP contribution in [-0.2, 0) is 4.79 Å². The van der Waals surface area contributed by atoms with Crippen molar-refractivity contribution in [3.05, 3.63) is 32.8 Å². The third-order valence-corrected chi connectivity index (χ3v) is 6.84. The minimum Gasteiger partial charge on any atom is -0.492 e. The molecule has 2 unspecified atom stereocenters. The Morgan fingerprint density at radius 3 is 2.56 bits per heavy atom. The van der Waals surface area contributed by atoms with E-state index in [1.165, 1.54) is 38.3 Å². The Kier molecular flexibility index (Phi) is 12.1. The molecule has 2 atom stereocenters. The summed E-state index contributed by atoms with van der Waals surface area (Å²) < 4.78 is 5.65. The molecule has 0 spiro atoms. The van der Waals surface area contributed by atoms with Crippen LogP contribution < -0.4 is 4.74 Å². The van der Waals surface area contributed by atoms with E-state index >= 15 is 0 Å². The fourth-order valence-electron chi connectivity index (χ4n) is 4.54. The van der Waals surface area contributed by atoms with Crippen molar-refractivity contribution < 1.29 is 24.7 Å². The normalized spacial score (nSPS) is 16.1. The summed E-state index contributed by atoms with van der Waals surface area (Å²) in [5.41, 5.74) is -0.234. The molecule has 192 valence electrons. The number of ether oxygens (including phenoxy) is 1. The molecule has 1 aromatic rings. The van der Waals surface area contributed by atoms with Gasteiger partial charge in [0.15, 0.2) is 0 Å². The maximum atomic E-state index is 12.9. The van der Waals surface area contributed by atoms with Gasteiger partial charge in [-0.2, -0.15) is 0 Å². The number of aliphatic hydroxyl groups is 2. The molecule has 1 aliphatic rings. The summed E-state index contributed by atoms with van der Waals surface area (Å²) in [6.45, 7) is 4.60. The minimum atomic E-state index is -1.11. The average Bonchev–Trinajstić information content (AvgIpc) is 2.81. The van der Waals surface area contributed by atoms with Gasteiger partial charge in [-0.05, 0) is 51.5 Å². The van der Waals surface area contributed by atoms with Gasteiger partial charge in [-0.15, -0.1) is 0 Å². The molecule has 0 aromatic heterocycles. The van der Waals surface area contributed by atoms with Crippen LogP contribution in [0.1, 0.15) is 96.1 Å². The van der Waals surface area contributed by atoms with Crippen LogP contribution in [0.25, 0.3) is 0 Å². The zero-order chi connectivity index (χ0) is 25.1. The predicted octanol–water partition coefficient (Wildman–Crippen LogP) is 5.56. The first kappa shape index (κ1) is 28.3. The lowest BCUT2D eigenvalue weighted by Crippen LogP contribution is -2.42. The van der Waals surface area contributed by atoms with E-state index in [1.807, 2.05) is 0 Å². The van der Waals surface area contributed by atoms with E-state index in [1.54, 1.807) is 0 Å². The molecule has 0 saturated heterocycles. The molecule has 34 heavy (non-hydrogen) atoms. The number of unbranched alkanes of at least 4 members (excludes halogenated alkanes) is 1. The van der Waals surface area contributed by atoms with Crippen LogP contribution in [0.5, 0.6) is 5.75 Å². The van der Waals surface area contributed by atoms with Crippen LogP contribution >= 0.6 is 11.6 Å². The molecule has 0 heterocycles. The number of carbonyl (C=O) groups is 1. The van der Waals surface area contributed by atoms with Crippen molar-refractivity contribution in [2.75, 3.05) is 13.2 Å². The predicted molar refractivity (Wildman–Crippen MR) is 132 cm³/mol. The monoisotopic (exact) mass is 498 g/mol. The number of hydrogen-bond donors (Lipinski definition) is 2.